The maximum absolute atomic E-state index is 13.8. The molecule has 0 aliphatic heterocycles. The Balaban J connectivity index is 1.60. The van der Waals surface area contributed by atoms with Crippen molar-refractivity contribution < 1.29 is 18.4 Å². The van der Waals surface area contributed by atoms with E-state index in [0.29, 0.717) is 11.0 Å². The van der Waals surface area contributed by atoms with Gasteiger partial charge < -0.3 is 15.2 Å². The molecule has 3 rings (SSSR count). The van der Waals surface area contributed by atoms with Crippen LogP contribution < -0.4 is 10.6 Å². The van der Waals surface area contributed by atoms with E-state index >= 15 is 0 Å². The summed E-state index contributed by atoms with van der Waals surface area (Å²) in [5.74, 6) is -1.65. The average Bonchev–Trinajstić information content (AvgIpc) is 3.09. The van der Waals surface area contributed by atoms with Gasteiger partial charge >= 0.3 is 0 Å². The van der Waals surface area contributed by atoms with Crippen molar-refractivity contribution in [2.45, 2.75) is 18.1 Å². The van der Waals surface area contributed by atoms with E-state index in [4.69, 9.17) is 0 Å². The zero-order chi connectivity index (χ0) is 21.7. The summed E-state index contributed by atoms with van der Waals surface area (Å²) in [5.41, 5.74) is 0.0390. The molecule has 156 valence electrons. The van der Waals surface area contributed by atoms with Crippen LogP contribution in [-0.4, -0.2) is 32.3 Å². The highest BCUT2D eigenvalue weighted by Gasteiger charge is 2.20. The Morgan fingerprint density at radius 2 is 1.73 bits per heavy atom. The lowest BCUT2D eigenvalue weighted by Gasteiger charge is -2.14. The number of amides is 2. The van der Waals surface area contributed by atoms with E-state index in [1.54, 1.807) is 30.7 Å². The Morgan fingerprint density at radius 1 is 1.07 bits per heavy atom. The second kappa shape index (κ2) is 9.49. The molecule has 0 saturated heterocycles. The number of carbonyl (C=O) groups is 2. The van der Waals surface area contributed by atoms with Crippen LogP contribution in [0.15, 0.2) is 53.7 Å². The number of para-hydroxylation sites is 1. The quantitative estimate of drug-likeness (QED) is 0.561. The van der Waals surface area contributed by atoms with Crippen molar-refractivity contribution in [2.75, 3.05) is 11.1 Å². The predicted molar refractivity (Wildman–Crippen MR) is 109 cm³/mol. The smallest absolute Gasteiger partial charge is 0.254 e. The monoisotopic (exact) mass is 431 g/mol. The van der Waals surface area contributed by atoms with E-state index < -0.39 is 29.5 Å². The predicted octanol–water partition coefficient (Wildman–Crippen LogP) is 3.32. The van der Waals surface area contributed by atoms with Gasteiger partial charge in [-0.05, 0) is 31.2 Å². The fourth-order valence-electron chi connectivity index (χ4n) is 2.69. The summed E-state index contributed by atoms with van der Waals surface area (Å²) in [5, 5.41) is 13.7. The molecule has 7 nitrogen and oxygen atoms in total. The van der Waals surface area contributed by atoms with Crippen molar-refractivity contribution in [1.82, 2.24) is 20.1 Å². The SMILES string of the molecule is C[C@H](NC(=O)c1ccccc1F)c1nnc(SCC(=O)Nc2ccccc2F)n1C. The number of carbonyl (C=O) groups excluding carboxylic acids is 2. The van der Waals surface area contributed by atoms with Crippen molar-refractivity contribution in [1.29, 1.82) is 0 Å². The van der Waals surface area contributed by atoms with Crippen molar-refractivity contribution in [2.24, 2.45) is 7.05 Å². The van der Waals surface area contributed by atoms with E-state index in [2.05, 4.69) is 20.8 Å². The fourth-order valence-corrected chi connectivity index (χ4v) is 3.41. The highest BCUT2D eigenvalue weighted by atomic mass is 32.2. The highest BCUT2D eigenvalue weighted by molar-refractivity contribution is 7.99. The zero-order valence-corrected chi connectivity index (χ0v) is 17.0. The van der Waals surface area contributed by atoms with Gasteiger partial charge in [-0.2, -0.15) is 0 Å². The molecule has 0 fully saturated rings. The molecule has 0 aliphatic carbocycles. The molecule has 1 aromatic heterocycles. The molecule has 0 radical (unpaired) electrons. The molecular formula is C20H19F2N5O2S. The normalized spacial score (nSPS) is 11.7. The molecule has 2 N–H and O–H groups in total. The molecule has 3 aromatic rings. The number of hydrogen-bond acceptors (Lipinski definition) is 5. The third kappa shape index (κ3) is 5.01. The van der Waals surface area contributed by atoms with E-state index in [1.165, 1.54) is 36.4 Å². The number of anilines is 1. The molecule has 2 aromatic carbocycles. The number of halogens is 2. The van der Waals surface area contributed by atoms with Gasteiger partial charge in [0.05, 0.1) is 23.0 Å². The van der Waals surface area contributed by atoms with Crippen LogP contribution in [0.2, 0.25) is 0 Å². The first-order valence-electron chi connectivity index (χ1n) is 8.98. The Bertz CT molecular complexity index is 1070. The second-order valence-electron chi connectivity index (χ2n) is 6.39. The van der Waals surface area contributed by atoms with E-state index in [9.17, 15) is 18.4 Å². The Labute approximate surface area is 175 Å². The molecule has 0 saturated carbocycles. The van der Waals surface area contributed by atoms with Crippen molar-refractivity contribution in [3.8, 4) is 0 Å². The fraction of sp³-hybridized carbons (Fsp3) is 0.200. The highest BCUT2D eigenvalue weighted by Crippen LogP contribution is 2.20. The summed E-state index contributed by atoms with van der Waals surface area (Å²) >= 11 is 1.12. The van der Waals surface area contributed by atoms with Crippen molar-refractivity contribution in [3.05, 3.63) is 71.6 Å². The van der Waals surface area contributed by atoms with Crippen LogP contribution in [0.25, 0.3) is 0 Å². The van der Waals surface area contributed by atoms with Gasteiger partial charge in [-0.25, -0.2) is 8.78 Å². The van der Waals surface area contributed by atoms with Gasteiger partial charge in [0.1, 0.15) is 11.6 Å². The van der Waals surface area contributed by atoms with Crippen LogP contribution >= 0.6 is 11.8 Å². The maximum atomic E-state index is 13.8. The Hall–Kier alpha value is -3.27. The third-order valence-electron chi connectivity index (χ3n) is 4.20. The molecule has 0 unspecified atom stereocenters. The minimum atomic E-state index is -0.614. The van der Waals surface area contributed by atoms with E-state index in [1.807, 2.05) is 0 Å². The summed E-state index contributed by atoms with van der Waals surface area (Å²) in [4.78, 5) is 24.4. The molecule has 0 bridgehead atoms. The lowest BCUT2D eigenvalue weighted by Crippen LogP contribution is -2.29. The van der Waals surface area contributed by atoms with Gasteiger partial charge in [0, 0.05) is 7.05 Å². The largest absolute Gasteiger partial charge is 0.342 e. The first-order chi connectivity index (χ1) is 14.4. The van der Waals surface area contributed by atoms with Gasteiger partial charge in [0.2, 0.25) is 5.91 Å². The van der Waals surface area contributed by atoms with Gasteiger partial charge in [-0.1, -0.05) is 36.0 Å². The van der Waals surface area contributed by atoms with Crippen LogP contribution in [0.3, 0.4) is 0 Å². The Morgan fingerprint density at radius 3 is 2.43 bits per heavy atom. The summed E-state index contributed by atoms with van der Waals surface area (Å²) in [7, 11) is 1.69. The molecule has 0 spiro atoms. The zero-order valence-electron chi connectivity index (χ0n) is 16.2. The number of nitrogens with zero attached hydrogens (tertiary/aromatic N) is 3. The molecule has 1 atom stereocenters. The first kappa shape index (κ1) is 21.4. The lowest BCUT2D eigenvalue weighted by atomic mass is 10.2. The topological polar surface area (TPSA) is 88.9 Å². The van der Waals surface area contributed by atoms with E-state index in [0.717, 1.165) is 11.8 Å². The van der Waals surface area contributed by atoms with Gasteiger partial charge in [0.25, 0.3) is 5.91 Å². The number of thioether (sulfide) groups is 1. The lowest BCUT2D eigenvalue weighted by molar-refractivity contribution is -0.113. The molecule has 10 heteroatoms. The molecule has 30 heavy (non-hydrogen) atoms. The van der Waals surface area contributed by atoms with E-state index in [-0.39, 0.29) is 17.0 Å². The summed E-state index contributed by atoms with van der Waals surface area (Å²) in [6, 6.07) is 11.0. The maximum Gasteiger partial charge on any atom is 0.254 e. The van der Waals surface area contributed by atoms with Gasteiger partial charge in [-0.3, -0.25) is 9.59 Å². The van der Waals surface area contributed by atoms with Crippen LogP contribution in [0, 0.1) is 11.6 Å². The van der Waals surface area contributed by atoms with Gasteiger partial charge in [0.15, 0.2) is 11.0 Å². The van der Waals surface area contributed by atoms with Crippen LogP contribution in [-0.2, 0) is 11.8 Å². The number of hydrogen-bond donors (Lipinski definition) is 2. The van der Waals surface area contributed by atoms with Gasteiger partial charge in [-0.15, -0.1) is 10.2 Å². The van der Waals surface area contributed by atoms with Crippen LogP contribution in [0.4, 0.5) is 14.5 Å². The average molecular weight is 431 g/mol. The van der Waals surface area contributed by atoms with Crippen molar-refractivity contribution >= 4 is 29.3 Å². The second-order valence-corrected chi connectivity index (χ2v) is 7.33. The summed E-state index contributed by atoms with van der Waals surface area (Å²) < 4.78 is 29.0. The Kier molecular flexibility index (Phi) is 6.78. The number of rotatable bonds is 7. The molecular weight excluding hydrogens is 412 g/mol. The summed E-state index contributed by atoms with van der Waals surface area (Å²) in [6.07, 6.45) is 0. The molecule has 1 heterocycles. The number of nitrogens with one attached hydrogen (secondary N) is 2. The molecule has 0 aliphatic rings. The third-order valence-corrected chi connectivity index (χ3v) is 5.22. The van der Waals surface area contributed by atoms with Crippen LogP contribution in [0.5, 0.6) is 0 Å². The standard InChI is InChI=1S/C20H19F2N5O2S/c1-12(23-19(29)13-7-3-4-8-14(13)21)18-25-26-20(27(18)2)30-11-17(28)24-16-10-6-5-9-15(16)22/h3-10,12H,11H2,1-2H3,(H,23,29)(H,24,28)/t12-/m0/s1. The van der Waals surface area contributed by atoms with Crippen molar-refractivity contribution in [3.63, 3.8) is 0 Å². The molecule has 2 amide bonds. The number of benzene rings is 2. The minimum Gasteiger partial charge on any atom is -0.342 e. The minimum absolute atomic E-state index is 0.00370. The summed E-state index contributed by atoms with van der Waals surface area (Å²) in [6.45, 7) is 1.70. The first-order valence-corrected chi connectivity index (χ1v) is 9.97. The number of aromatic nitrogens is 3. The van der Waals surface area contributed by atoms with Crippen LogP contribution in [0.1, 0.15) is 29.1 Å².